The number of aryl methyl sites for hydroxylation is 1. The fourth-order valence-corrected chi connectivity index (χ4v) is 3.65. The van der Waals surface area contributed by atoms with Crippen molar-refractivity contribution in [2.75, 3.05) is 13.1 Å². The van der Waals surface area contributed by atoms with Gasteiger partial charge >= 0.3 is 5.97 Å². The Morgan fingerprint density at radius 2 is 2.13 bits per heavy atom. The third kappa shape index (κ3) is 3.42. The highest BCUT2D eigenvalue weighted by atomic mass is 79.9. The van der Waals surface area contributed by atoms with Crippen molar-refractivity contribution in [3.05, 3.63) is 34.9 Å². The van der Waals surface area contributed by atoms with Gasteiger partial charge in [0.15, 0.2) is 0 Å². The van der Waals surface area contributed by atoms with Crippen LogP contribution >= 0.6 is 15.9 Å². The Labute approximate surface area is 143 Å². The van der Waals surface area contributed by atoms with E-state index in [2.05, 4.69) is 20.5 Å². The quantitative estimate of drug-likeness (QED) is 0.888. The molecule has 3 rings (SSSR count). The second-order valence-corrected chi connectivity index (χ2v) is 6.80. The lowest BCUT2D eigenvalue weighted by molar-refractivity contribution is -0.145. The van der Waals surface area contributed by atoms with Gasteiger partial charge < -0.3 is 14.6 Å². The van der Waals surface area contributed by atoms with Gasteiger partial charge in [-0.15, -0.1) is 0 Å². The lowest BCUT2D eigenvalue weighted by Crippen LogP contribution is -2.42. The molecule has 122 valence electrons. The maximum atomic E-state index is 12.4. The summed E-state index contributed by atoms with van der Waals surface area (Å²) in [5, 5.41) is 10.2. The molecule has 1 fully saturated rings. The Hall–Kier alpha value is -1.82. The molecule has 1 N–H and O–H groups in total. The molecule has 1 aromatic carbocycles. The molecule has 2 heterocycles. The molecule has 1 aliphatic heterocycles. The number of carboxylic acids is 1. The summed E-state index contributed by atoms with van der Waals surface area (Å²) in [4.78, 5) is 25.2. The number of likely N-dealkylation sites (tertiary alicyclic amines) is 1. The maximum Gasteiger partial charge on any atom is 0.308 e. The Bertz CT molecular complexity index is 741. The van der Waals surface area contributed by atoms with E-state index in [0.29, 0.717) is 32.5 Å². The second-order valence-electron chi connectivity index (χ2n) is 5.95. The molecule has 1 aromatic heterocycles. The van der Waals surface area contributed by atoms with E-state index < -0.39 is 11.9 Å². The minimum Gasteiger partial charge on any atom is -0.481 e. The lowest BCUT2D eigenvalue weighted by atomic mass is 9.98. The lowest BCUT2D eigenvalue weighted by Gasteiger charge is -2.30. The average Bonchev–Trinajstić information content (AvgIpc) is 2.97. The molecule has 0 bridgehead atoms. The number of halogens is 1. The molecule has 1 aliphatic rings. The van der Waals surface area contributed by atoms with Crippen LogP contribution in [0.25, 0.3) is 10.9 Å². The van der Waals surface area contributed by atoms with Crippen LogP contribution in [0.5, 0.6) is 0 Å². The SMILES string of the molecule is O=C(O)[C@@H]1CCCN(C(=O)CCn2ccc3c(Br)cccc32)C1. The van der Waals surface area contributed by atoms with Gasteiger partial charge in [0.2, 0.25) is 5.91 Å². The predicted molar refractivity (Wildman–Crippen MR) is 91.2 cm³/mol. The minimum absolute atomic E-state index is 0.0350. The van der Waals surface area contributed by atoms with Gasteiger partial charge in [-0.1, -0.05) is 22.0 Å². The number of aliphatic carboxylic acids is 1. The van der Waals surface area contributed by atoms with Crippen LogP contribution in [0.2, 0.25) is 0 Å². The first kappa shape index (κ1) is 16.1. The number of aromatic nitrogens is 1. The van der Waals surface area contributed by atoms with Crippen molar-refractivity contribution in [1.29, 1.82) is 0 Å². The molecule has 1 saturated heterocycles. The number of amides is 1. The number of fused-ring (bicyclic) bond motifs is 1. The number of piperidine rings is 1. The number of hydrogen-bond acceptors (Lipinski definition) is 2. The van der Waals surface area contributed by atoms with Crippen LogP contribution in [-0.4, -0.2) is 39.5 Å². The molecule has 0 aliphatic carbocycles. The molecule has 0 saturated carbocycles. The van der Waals surface area contributed by atoms with Gasteiger partial charge in [-0.05, 0) is 31.0 Å². The number of rotatable bonds is 4. The summed E-state index contributed by atoms with van der Waals surface area (Å²) in [6, 6.07) is 8.04. The highest BCUT2D eigenvalue weighted by Crippen LogP contribution is 2.25. The summed E-state index contributed by atoms with van der Waals surface area (Å²) in [5.74, 6) is -1.19. The molecular weight excluding hydrogens is 360 g/mol. The second kappa shape index (κ2) is 6.74. The van der Waals surface area contributed by atoms with Crippen LogP contribution in [0.1, 0.15) is 19.3 Å². The molecule has 5 nitrogen and oxygen atoms in total. The van der Waals surface area contributed by atoms with Crippen molar-refractivity contribution in [1.82, 2.24) is 9.47 Å². The molecule has 1 atom stereocenters. The zero-order chi connectivity index (χ0) is 16.4. The third-order valence-corrected chi connectivity index (χ3v) is 5.14. The van der Waals surface area contributed by atoms with Gasteiger partial charge in [0.25, 0.3) is 0 Å². The highest BCUT2D eigenvalue weighted by Gasteiger charge is 2.27. The first-order chi connectivity index (χ1) is 11.1. The Morgan fingerprint density at radius 3 is 2.91 bits per heavy atom. The molecule has 2 aromatic rings. The molecule has 0 unspecified atom stereocenters. The zero-order valence-electron chi connectivity index (χ0n) is 12.7. The van der Waals surface area contributed by atoms with Crippen molar-refractivity contribution in [2.45, 2.75) is 25.8 Å². The number of carbonyl (C=O) groups excluding carboxylic acids is 1. The highest BCUT2D eigenvalue weighted by molar-refractivity contribution is 9.10. The number of hydrogen-bond donors (Lipinski definition) is 1. The van der Waals surface area contributed by atoms with Gasteiger partial charge in [-0.25, -0.2) is 0 Å². The van der Waals surface area contributed by atoms with Crippen molar-refractivity contribution in [3.63, 3.8) is 0 Å². The summed E-state index contributed by atoms with van der Waals surface area (Å²) in [5.41, 5.74) is 1.09. The third-order valence-electron chi connectivity index (χ3n) is 4.45. The van der Waals surface area contributed by atoms with Gasteiger partial charge in [-0.3, -0.25) is 9.59 Å². The fourth-order valence-electron chi connectivity index (χ4n) is 3.16. The first-order valence-corrected chi connectivity index (χ1v) is 8.59. The molecule has 0 radical (unpaired) electrons. The van der Waals surface area contributed by atoms with E-state index in [4.69, 9.17) is 5.11 Å². The van der Waals surface area contributed by atoms with Crippen molar-refractivity contribution < 1.29 is 14.7 Å². The molecule has 23 heavy (non-hydrogen) atoms. The normalized spacial score (nSPS) is 18.3. The Balaban J connectivity index is 1.64. The standard InChI is InChI=1S/C17H19BrN2O3/c18-14-4-1-5-15-13(14)6-9-19(15)10-7-16(21)20-8-2-3-12(11-20)17(22)23/h1,4-6,9,12H,2-3,7-8,10-11H2,(H,22,23)/t12-/m1/s1. The largest absolute Gasteiger partial charge is 0.481 e. The van der Waals surface area contributed by atoms with Crippen LogP contribution in [0.3, 0.4) is 0 Å². The smallest absolute Gasteiger partial charge is 0.308 e. The number of benzene rings is 1. The number of carbonyl (C=O) groups is 2. The van der Waals surface area contributed by atoms with Crippen molar-refractivity contribution in [3.8, 4) is 0 Å². The van der Waals surface area contributed by atoms with Gasteiger partial charge in [0.1, 0.15) is 0 Å². The van der Waals surface area contributed by atoms with Crippen molar-refractivity contribution >= 4 is 38.7 Å². The average molecular weight is 379 g/mol. The van der Waals surface area contributed by atoms with Crippen LogP contribution in [0.15, 0.2) is 34.9 Å². The summed E-state index contributed by atoms with van der Waals surface area (Å²) in [7, 11) is 0. The summed E-state index contributed by atoms with van der Waals surface area (Å²) >= 11 is 3.53. The van der Waals surface area contributed by atoms with Gasteiger partial charge in [0, 0.05) is 47.6 Å². The van der Waals surface area contributed by atoms with E-state index in [1.807, 2.05) is 30.5 Å². The zero-order valence-corrected chi connectivity index (χ0v) is 14.3. The minimum atomic E-state index is -0.802. The van der Waals surface area contributed by atoms with E-state index in [0.717, 1.165) is 21.8 Å². The maximum absolute atomic E-state index is 12.4. The topological polar surface area (TPSA) is 62.5 Å². The molecule has 6 heteroatoms. The predicted octanol–water partition coefficient (Wildman–Crippen LogP) is 3.12. The van der Waals surface area contributed by atoms with Crippen LogP contribution in [-0.2, 0) is 16.1 Å². The summed E-state index contributed by atoms with van der Waals surface area (Å²) in [6.45, 7) is 1.61. The summed E-state index contributed by atoms with van der Waals surface area (Å²) in [6.07, 6.45) is 3.80. The first-order valence-electron chi connectivity index (χ1n) is 7.80. The van der Waals surface area contributed by atoms with Crippen molar-refractivity contribution in [2.24, 2.45) is 5.92 Å². The molecular formula is C17H19BrN2O3. The fraction of sp³-hybridized carbons (Fsp3) is 0.412. The van der Waals surface area contributed by atoms with Gasteiger partial charge in [0.05, 0.1) is 5.92 Å². The number of nitrogens with zero attached hydrogens (tertiary/aromatic N) is 2. The van der Waals surface area contributed by atoms with E-state index in [1.165, 1.54) is 0 Å². The van der Waals surface area contributed by atoms with E-state index in [9.17, 15) is 9.59 Å². The monoisotopic (exact) mass is 378 g/mol. The Morgan fingerprint density at radius 1 is 1.30 bits per heavy atom. The van der Waals surface area contributed by atoms with Crippen LogP contribution in [0, 0.1) is 5.92 Å². The van der Waals surface area contributed by atoms with E-state index in [1.54, 1.807) is 4.90 Å². The Kier molecular flexibility index (Phi) is 4.71. The van der Waals surface area contributed by atoms with E-state index >= 15 is 0 Å². The molecule has 0 spiro atoms. The number of carboxylic acid groups (broad SMARTS) is 1. The van der Waals surface area contributed by atoms with Gasteiger partial charge in [-0.2, -0.15) is 0 Å². The van der Waals surface area contributed by atoms with Crippen LogP contribution in [0.4, 0.5) is 0 Å². The van der Waals surface area contributed by atoms with Crippen LogP contribution < -0.4 is 0 Å². The van der Waals surface area contributed by atoms with E-state index in [-0.39, 0.29) is 5.91 Å². The molecule has 1 amide bonds. The summed E-state index contributed by atoms with van der Waals surface area (Å²) < 4.78 is 3.11.